The molecular weight excluding hydrogens is 333 g/mol. The summed E-state index contributed by atoms with van der Waals surface area (Å²) in [6.45, 7) is 0.260. The first-order valence-corrected chi connectivity index (χ1v) is 7.39. The molecule has 3 rings (SSSR count). The first-order valence-electron chi connectivity index (χ1n) is 7.39. The molecular formula is C17H15F3N4O. The second kappa shape index (κ2) is 6.76. The van der Waals surface area contributed by atoms with Gasteiger partial charge in [0.05, 0.1) is 12.2 Å². The maximum atomic E-state index is 12.4. The van der Waals surface area contributed by atoms with Gasteiger partial charge in [0.1, 0.15) is 0 Å². The van der Waals surface area contributed by atoms with Gasteiger partial charge in [-0.2, -0.15) is 0 Å². The van der Waals surface area contributed by atoms with Crippen molar-refractivity contribution in [1.29, 1.82) is 0 Å². The summed E-state index contributed by atoms with van der Waals surface area (Å²) in [5, 5.41) is 3.67. The van der Waals surface area contributed by atoms with Crippen molar-refractivity contribution in [3.8, 4) is 5.75 Å². The van der Waals surface area contributed by atoms with Crippen LogP contribution in [0.3, 0.4) is 0 Å². The van der Waals surface area contributed by atoms with Crippen molar-refractivity contribution in [3.63, 3.8) is 0 Å². The van der Waals surface area contributed by atoms with Crippen molar-refractivity contribution in [2.24, 2.45) is 10.7 Å². The van der Waals surface area contributed by atoms with Gasteiger partial charge >= 0.3 is 6.36 Å². The SMILES string of the molecule is NC(=NCc1cc2ccccc2[nH]1)Nc1ccccc1OC(F)(F)F. The summed E-state index contributed by atoms with van der Waals surface area (Å²) in [6.07, 6.45) is -4.78. The molecule has 8 heteroatoms. The number of hydrogen-bond acceptors (Lipinski definition) is 2. The first-order chi connectivity index (χ1) is 11.9. The third kappa shape index (κ3) is 4.43. The fourth-order valence-corrected chi connectivity index (χ4v) is 2.35. The number of halogens is 3. The number of anilines is 1. The van der Waals surface area contributed by atoms with Gasteiger partial charge in [-0.25, -0.2) is 4.99 Å². The molecule has 0 fully saturated rings. The van der Waals surface area contributed by atoms with Crippen molar-refractivity contribution in [2.45, 2.75) is 12.9 Å². The second-order valence-electron chi connectivity index (χ2n) is 5.25. The molecule has 1 aromatic heterocycles. The van der Waals surface area contributed by atoms with Crippen molar-refractivity contribution in [2.75, 3.05) is 5.32 Å². The number of aromatic amines is 1. The number of ether oxygens (including phenoxy) is 1. The molecule has 1 heterocycles. The Morgan fingerprint density at radius 1 is 1.12 bits per heavy atom. The summed E-state index contributed by atoms with van der Waals surface area (Å²) in [5.74, 6) is -0.393. The highest BCUT2D eigenvalue weighted by Gasteiger charge is 2.32. The number of fused-ring (bicyclic) bond motifs is 1. The third-order valence-corrected chi connectivity index (χ3v) is 3.38. The van der Waals surface area contributed by atoms with E-state index in [0.717, 1.165) is 16.6 Å². The van der Waals surface area contributed by atoms with Gasteiger partial charge in [-0.3, -0.25) is 0 Å². The fraction of sp³-hybridized carbons (Fsp3) is 0.118. The molecule has 0 unspecified atom stereocenters. The number of benzene rings is 2. The van der Waals surface area contributed by atoms with E-state index in [2.05, 4.69) is 20.0 Å². The molecule has 0 aliphatic rings. The van der Waals surface area contributed by atoms with Crippen molar-refractivity contribution in [1.82, 2.24) is 4.98 Å². The minimum atomic E-state index is -4.78. The van der Waals surface area contributed by atoms with Crippen LogP contribution >= 0.6 is 0 Å². The topological polar surface area (TPSA) is 75.4 Å². The molecule has 0 saturated carbocycles. The van der Waals surface area contributed by atoms with E-state index in [4.69, 9.17) is 5.73 Å². The molecule has 4 N–H and O–H groups in total. The van der Waals surface area contributed by atoms with Gasteiger partial charge in [0.25, 0.3) is 0 Å². The second-order valence-corrected chi connectivity index (χ2v) is 5.25. The highest BCUT2D eigenvalue weighted by molar-refractivity contribution is 5.93. The van der Waals surface area contributed by atoms with Crippen LogP contribution in [0.2, 0.25) is 0 Å². The molecule has 0 amide bonds. The van der Waals surface area contributed by atoms with E-state index in [0.29, 0.717) is 0 Å². The zero-order valence-electron chi connectivity index (χ0n) is 13.0. The number of hydrogen-bond donors (Lipinski definition) is 3. The minimum Gasteiger partial charge on any atom is -0.404 e. The molecule has 3 aromatic rings. The molecule has 0 radical (unpaired) electrons. The predicted molar refractivity (Wildman–Crippen MR) is 90.4 cm³/mol. The highest BCUT2D eigenvalue weighted by atomic mass is 19.4. The minimum absolute atomic E-state index is 0.0168. The van der Waals surface area contributed by atoms with Crippen molar-refractivity contribution < 1.29 is 17.9 Å². The Kier molecular flexibility index (Phi) is 4.51. The largest absolute Gasteiger partial charge is 0.573 e. The Hall–Kier alpha value is -3.16. The van der Waals surface area contributed by atoms with Crippen LogP contribution in [-0.4, -0.2) is 17.3 Å². The summed E-state index contributed by atoms with van der Waals surface area (Å²) in [7, 11) is 0. The number of para-hydroxylation sites is 3. The molecule has 0 aliphatic carbocycles. The van der Waals surface area contributed by atoms with Crippen LogP contribution in [0.1, 0.15) is 5.69 Å². The lowest BCUT2D eigenvalue weighted by molar-refractivity contribution is -0.274. The van der Waals surface area contributed by atoms with E-state index in [9.17, 15) is 13.2 Å². The van der Waals surface area contributed by atoms with E-state index in [1.165, 1.54) is 18.2 Å². The average molecular weight is 348 g/mol. The number of aromatic nitrogens is 1. The summed E-state index contributed by atoms with van der Waals surface area (Å²) >= 11 is 0. The van der Waals surface area contributed by atoms with Gasteiger partial charge in [-0.15, -0.1) is 13.2 Å². The molecule has 5 nitrogen and oxygen atoms in total. The lowest BCUT2D eigenvalue weighted by Crippen LogP contribution is -2.24. The predicted octanol–water partition coefficient (Wildman–Crippen LogP) is 3.99. The van der Waals surface area contributed by atoms with E-state index < -0.39 is 6.36 Å². The zero-order chi connectivity index (χ0) is 17.9. The maximum Gasteiger partial charge on any atom is 0.573 e. The Balaban J connectivity index is 1.71. The Morgan fingerprint density at radius 2 is 1.84 bits per heavy atom. The highest BCUT2D eigenvalue weighted by Crippen LogP contribution is 2.29. The Morgan fingerprint density at radius 3 is 2.60 bits per heavy atom. The van der Waals surface area contributed by atoms with Gasteiger partial charge in [0.15, 0.2) is 11.7 Å². The number of nitrogens with zero attached hydrogens (tertiary/aromatic N) is 1. The van der Waals surface area contributed by atoms with E-state index in [1.807, 2.05) is 30.3 Å². The van der Waals surface area contributed by atoms with Gasteiger partial charge in [-0.05, 0) is 29.7 Å². The number of nitrogens with one attached hydrogen (secondary N) is 2. The van der Waals surface area contributed by atoms with Crippen LogP contribution in [0.15, 0.2) is 59.6 Å². The number of nitrogens with two attached hydrogens (primary N) is 1. The standard InChI is InChI=1S/C17H15F3N4O/c18-17(19,20)25-15-8-4-3-7-14(15)24-16(21)22-10-12-9-11-5-1-2-6-13(11)23-12/h1-9,23H,10H2,(H3,21,22,24). The maximum absolute atomic E-state index is 12.4. The summed E-state index contributed by atoms with van der Waals surface area (Å²) in [6, 6.07) is 15.3. The quantitative estimate of drug-likeness (QED) is 0.493. The molecule has 0 spiro atoms. The van der Waals surface area contributed by atoms with E-state index >= 15 is 0 Å². The lowest BCUT2D eigenvalue weighted by atomic mass is 10.2. The number of guanidine groups is 1. The normalized spacial score (nSPS) is 12.4. The monoisotopic (exact) mass is 348 g/mol. The van der Waals surface area contributed by atoms with Crippen LogP contribution in [-0.2, 0) is 6.54 Å². The van der Waals surface area contributed by atoms with Crippen LogP contribution in [0.5, 0.6) is 5.75 Å². The van der Waals surface area contributed by atoms with Crippen LogP contribution in [0.25, 0.3) is 10.9 Å². The summed E-state index contributed by atoms with van der Waals surface area (Å²) in [5.41, 5.74) is 7.66. The smallest absolute Gasteiger partial charge is 0.404 e. The average Bonchev–Trinajstić information content (AvgIpc) is 2.96. The number of aliphatic imine (C=N–C) groups is 1. The molecule has 0 atom stereocenters. The van der Waals surface area contributed by atoms with Crippen molar-refractivity contribution >= 4 is 22.5 Å². The van der Waals surface area contributed by atoms with Crippen LogP contribution in [0, 0.1) is 0 Å². The zero-order valence-corrected chi connectivity index (χ0v) is 13.0. The lowest BCUT2D eigenvalue weighted by Gasteiger charge is -2.14. The molecule has 0 bridgehead atoms. The first kappa shape index (κ1) is 16.7. The van der Waals surface area contributed by atoms with Crippen LogP contribution in [0.4, 0.5) is 18.9 Å². The molecule has 0 aliphatic heterocycles. The summed E-state index contributed by atoms with van der Waals surface area (Å²) < 4.78 is 41.2. The van der Waals surface area contributed by atoms with Crippen molar-refractivity contribution in [3.05, 3.63) is 60.3 Å². The Bertz CT molecular complexity index is 869. The third-order valence-electron chi connectivity index (χ3n) is 3.38. The van der Waals surface area contributed by atoms with Gasteiger partial charge < -0.3 is 20.8 Å². The van der Waals surface area contributed by atoms with Crippen LogP contribution < -0.4 is 15.8 Å². The summed E-state index contributed by atoms with van der Waals surface area (Å²) in [4.78, 5) is 7.33. The van der Waals surface area contributed by atoms with Gasteiger partial charge in [0.2, 0.25) is 0 Å². The van der Waals surface area contributed by atoms with Gasteiger partial charge in [-0.1, -0.05) is 30.3 Å². The van der Waals surface area contributed by atoms with Gasteiger partial charge in [0, 0.05) is 11.2 Å². The molecule has 2 aromatic carbocycles. The van der Waals surface area contributed by atoms with E-state index in [1.54, 1.807) is 6.07 Å². The molecule has 0 saturated heterocycles. The number of H-pyrrole nitrogens is 1. The molecule has 25 heavy (non-hydrogen) atoms. The number of alkyl halides is 3. The number of rotatable bonds is 4. The Labute approximate surface area is 141 Å². The molecule has 130 valence electrons. The van der Waals surface area contributed by atoms with E-state index in [-0.39, 0.29) is 23.9 Å². The fourth-order valence-electron chi connectivity index (χ4n) is 2.35.